The third-order valence-electron chi connectivity index (χ3n) is 4.54. The summed E-state index contributed by atoms with van der Waals surface area (Å²) in [5.74, 6) is 0. The Kier molecular flexibility index (Phi) is 3.34. The van der Waals surface area contributed by atoms with Gasteiger partial charge in [0, 0.05) is 36.2 Å². The van der Waals surface area contributed by atoms with Gasteiger partial charge in [0.2, 0.25) is 0 Å². The molecule has 0 unspecified atom stereocenters. The van der Waals surface area contributed by atoms with Crippen molar-refractivity contribution in [2.24, 2.45) is 0 Å². The van der Waals surface area contributed by atoms with Gasteiger partial charge in [-0.25, -0.2) is 0 Å². The zero-order valence-corrected chi connectivity index (χ0v) is 14.4. The minimum absolute atomic E-state index is 0.0801. The van der Waals surface area contributed by atoms with Crippen molar-refractivity contribution < 1.29 is 0 Å². The van der Waals surface area contributed by atoms with Gasteiger partial charge in [-0.05, 0) is 70.3 Å². The van der Waals surface area contributed by atoms with E-state index in [1.54, 1.807) is 0 Å². The summed E-state index contributed by atoms with van der Waals surface area (Å²) < 4.78 is 4.33. The van der Waals surface area contributed by atoms with Gasteiger partial charge in [0.25, 0.3) is 0 Å². The molecule has 24 heavy (non-hydrogen) atoms. The number of hydrogen-bond acceptors (Lipinski definition) is 0. The fourth-order valence-electron chi connectivity index (χ4n) is 3.27. The molecule has 0 fully saturated rings. The number of rotatable bonds is 2. The van der Waals surface area contributed by atoms with E-state index >= 15 is 0 Å². The Labute approximate surface area is 143 Å². The van der Waals surface area contributed by atoms with E-state index in [1.807, 2.05) is 0 Å². The van der Waals surface area contributed by atoms with E-state index in [0.29, 0.717) is 0 Å². The second-order valence-electron chi connectivity index (χ2n) is 7.33. The lowest BCUT2D eigenvalue weighted by molar-refractivity contribution is 0.595. The van der Waals surface area contributed by atoms with Crippen molar-refractivity contribution in [3.63, 3.8) is 0 Å². The molecule has 4 aromatic rings. The third kappa shape index (κ3) is 2.54. The third-order valence-corrected chi connectivity index (χ3v) is 4.54. The van der Waals surface area contributed by atoms with E-state index in [0.717, 1.165) is 0 Å². The highest BCUT2D eigenvalue weighted by Crippen LogP contribution is 2.33. The van der Waals surface area contributed by atoms with Crippen molar-refractivity contribution >= 4 is 10.8 Å². The van der Waals surface area contributed by atoms with Crippen molar-refractivity contribution in [1.29, 1.82) is 0 Å². The fourth-order valence-corrected chi connectivity index (χ4v) is 3.27. The minimum Gasteiger partial charge on any atom is -0.324 e. The van der Waals surface area contributed by atoms with E-state index in [-0.39, 0.29) is 5.41 Å². The summed E-state index contributed by atoms with van der Waals surface area (Å²) in [5, 5.41) is 2.60. The standard InChI is InChI=1S/C22H22N2/c1-22(2,3)21-16-19(24-12-6-7-13-24)14-17-8-9-18(15-20(17)21)23-10-4-5-11-23/h4-16H,1-3H3. The lowest BCUT2D eigenvalue weighted by atomic mass is 9.83. The Balaban J connectivity index is 1.98. The first kappa shape index (κ1) is 14.8. The highest BCUT2D eigenvalue weighted by molar-refractivity contribution is 5.90. The molecule has 0 atom stereocenters. The van der Waals surface area contributed by atoms with Gasteiger partial charge in [0.1, 0.15) is 0 Å². The first-order chi connectivity index (χ1) is 11.5. The number of nitrogens with zero attached hydrogens (tertiary/aromatic N) is 2. The highest BCUT2D eigenvalue weighted by atomic mass is 14.9. The van der Waals surface area contributed by atoms with Crippen LogP contribution < -0.4 is 0 Å². The second-order valence-corrected chi connectivity index (χ2v) is 7.33. The fraction of sp³-hybridized carbons (Fsp3) is 0.182. The highest BCUT2D eigenvalue weighted by Gasteiger charge is 2.18. The lowest BCUT2D eigenvalue weighted by Gasteiger charge is -2.23. The van der Waals surface area contributed by atoms with Crippen LogP contribution in [0.5, 0.6) is 0 Å². The van der Waals surface area contributed by atoms with Crippen LogP contribution in [0, 0.1) is 0 Å². The summed E-state index contributed by atoms with van der Waals surface area (Å²) in [4.78, 5) is 0. The van der Waals surface area contributed by atoms with Crippen molar-refractivity contribution in [1.82, 2.24) is 9.13 Å². The van der Waals surface area contributed by atoms with Crippen LogP contribution in [0.1, 0.15) is 26.3 Å². The van der Waals surface area contributed by atoms with Crippen LogP contribution in [0.4, 0.5) is 0 Å². The van der Waals surface area contributed by atoms with Crippen LogP contribution in [0.2, 0.25) is 0 Å². The second kappa shape index (κ2) is 5.41. The van der Waals surface area contributed by atoms with Crippen molar-refractivity contribution in [2.75, 3.05) is 0 Å². The summed E-state index contributed by atoms with van der Waals surface area (Å²) in [6.45, 7) is 6.84. The zero-order valence-electron chi connectivity index (χ0n) is 14.4. The molecular weight excluding hydrogens is 292 g/mol. The van der Waals surface area contributed by atoms with Crippen LogP contribution in [0.3, 0.4) is 0 Å². The monoisotopic (exact) mass is 314 g/mol. The van der Waals surface area contributed by atoms with Crippen molar-refractivity contribution in [2.45, 2.75) is 26.2 Å². The molecular formula is C22H22N2. The van der Waals surface area contributed by atoms with Gasteiger partial charge >= 0.3 is 0 Å². The Morgan fingerprint density at radius 1 is 0.667 bits per heavy atom. The average molecular weight is 314 g/mol. The summed E-state index contributed by atoms with van der Waals surface area (Å²) in [6, 6.07) is 19.6. The summed E-state index contributed by atoms with van der Waals surface area (Å²) >= 11 is 0. The number of fused-ring (bicyclic) bond motifs is 1. The van der Waals surface area contributed by atoms with Crippen molar-refractivity contribution in [3.05, 3.63) is 84.9 Å². The molecule has 0 saturated carbocycles. The van der Waals surface area contributed by atoms with Gasteiger partial charge in [-0.2, -0.15) is 0 Å². The Bertz CT molecular complexity index is 969. The largest absolute Gasteiger partial charge is 0.324 e. The molecule has 2 aromatic carbocycles. The molecule has 2 heteroatoms. The predicted molar refractivity (Wildman–Crippen MR) is 101 cm³/mol. The topological polar surface area (TPSA) is 9.86 Å². The maximum atomic E-state index is 2.32. The first-order valence-electron chi connectivity index (χ1n) is 8.37. The number of aromatic nitrogens is 2. The van der Waals surface area contributed by atoms with E-state index in [2.05, 4.69) is 109 Å². The normalized spacial score (nSPS) is 12.0. The van der Waals surface area contributed by atoms with Crippen LogP contribution >= 0.6 is 0 Å². The number of hydrogen-bond donors (Lipinski definition) is 0. The molecule has 0 aliphatic heterocycles. The maximum Gasteiger partial charge on any atom is 0.0458 e. The Morgan fingerprint density at radius 2 is 1.25 bits per heavy atom. The van der Waals surface area contributed by atoms with Crippen LogP contribution in [-0.2, 0) is 5.41 Å². The molecule has 0 aliphatic rings. The Hall–Kier alpha value is -2.74. The Morgan fingerprint density at radius 3 is 1.83 bits per heavy atom. The van der Waals surface area contributed by atoms with Gasteiger partial charge in [-0.15, -0.1) is 0 Å². The van der Waals surface area contributed by atoms with Gasteiger partial charge in [0.15, 0.2) is 0 Å². The summed E-state index contributed by atoms with van der Waals surface area (Å²) in [7, 11) is 0. The maximum absolute atomic E-state index is 2.32. The molecule has 2 nitrogen and oxygen atoms in total. The molecule has 2 heterocycles. The molecule has 0 saturated heterocycles. The SMILES string of the molecule is CC(C)(C)c1cc(-n2cccc2)cc2ccc(-n3cccc3)cc12. The van der Waals surface area contributed by atoms with Gasteiger partial charge in [0.05, 0.1) is 0 Å². The van der Waals surface area contributed by atoms with E-state index in [4.69, 9.17) is 0 Å². The smallest absolute Gasteiger partial charge is 0.0458 e. The molecule has 0 radical (unpaired) electrons. The predicted octanol–water partition coefficient (Wildman–Crippen LogP) is 5.72. The van der Waals surface area contributed by atoms with Gasteiger partial charge in [-0.3, -0.25) is 0 Å². The molecule has 2 aromatic heterocycles. The molecule has 0 N–H and O–H groups in total. The summed E-state index contributed by atoms with van der Waals surface area (Å²) in [6.07, 6.45) is 8.38. The van der Waals surface area contributed by atoms with Crippen LogP contribution in [-0.4, -0.2) is 9.13 Å². The van der Waals surface area contributed by atoms with Crippen LogP contribution in [0.25, 0.3) is 22.1 Å². The zero-order chi connectivity index (χ0) is 16.7. The molecule has 0 bridgehead atoms. The summed E-state index contributed by atoms with van der Waals surface area (Å²) in [5.41, 5.74) is 3.87. The average Bonchev–Trinajstić information content (AvgIpc) is 3.25. The molecule has 0 aliphatic carbocycles. The van der Waals surface area contributed by atoms with Gasteiger partial charge in [-0.1, -0.05) is 26.8 Å². The number of benzene rings is 2. The van der Waals surface area contributed by atoms with E-state index < -0.39 is 0 Å². The molecule has 4 rings (SSSR count). The molecule has 120 valence electrons. The quantitative estimate of drug-likeness (QED) is 0.448. The van der Waals surface area contributed by atoms with Crippen LogP contribution in [0.15, 0.2) is 79.4 Å². The lowest BCUT2D eigenvalue weighted by Crippen LogP contribution is -2.12. The van der Waals surface area contributed by atoms with Crippen molar-refractivity contribution in [3.8, 4) is 11.4 Å². The van der Waals surface area contributed by atoms with E-state index in [9.17, 15) is 0 Å². The molecule has 0 amide bonds. The minimum atomic E-state index is 0.0801. The van der Waals surface area contributed by atoms with E-state index in [1.165, 1.54) is 27.7 Å². The first-order valence-corrected chi connectivity index (χ1v) is 8.37. The molecule has 0 spiro atoms. The van der Waals surface area contributed by atoms with Gasteiger partial charge < -0.3 is 9.13 Å².